The minimum atomic E-state index is -0.338. The number of carbonyl (C=O) groups is 1. The quantitative estimate of drug-likeness (QED) is 0.859. The van der Waals surface area contributed by atoms with Gasteiger partial charge in [-0.05, 0) is 31.2 Å². The summed E-state index contributed by atoms with van der Waals surface area (Å²) in [4.78, 5) is 19.8. The molecule has 6 heteroatoms. The fourth-order valence-electron chi connectivity index (χ4n) is 1.40. The standard InChI is InChI=1S/C12H9Cl2N3O/c1-7-6-8(4-5-15-7)16-12(18)9-2-3-10(13)17-11(9)14/h2-6H,1H3,(H,15,16,18). The number of nitrogens with zero attached hydrogens (tertiary/aromatic N) is 2. The first-order chi connectivity index (χ1) is 8.56. The van der Waals surface area contributed by atoms with Gasteiger partial charge in [0.1, 0.15) is 10.3 Å². The highest BCUT2D eigenvalue weighted by atomic mass is 35.5. The number of hydrogen-bond donors (Lipinski definition) is 1. The largest absolute Gasteiger partial charge is 0.322 e. The van der Waals surface area contributed by atoms with Gasteiger partial charge in [-0.25, -0.2) is 4.98 Å². The van der Waals surface area contributed by atoms with Gasteiger partial charge in [0.2, 0.25) is 0 Å². The molecule has 0 aliphatic rings. The monoisotopic (exact) mass is 281 g/mol. The highest BCUT2D eigenvalue weighted by Gasteiger charge is 2.12. The summed E-state index contributed by atoms with van der Waals surface area (Å²) in [5, 5.41) is 3.03. The molecule has 1 amide bonds. The van der Waals surface area contributed by atoms with Gasteiger partial charge in [-0.15, -0.1) is 0 Å². The van der Waals surface area contributed by atoms with Crippen molar-refractivity contribution in [1.29, 1.82) is 0 Å². The molecule has 92 valence electrons. The third-order valence-electron chi connectivity index (χ3n) is 2.21. The number of aryl methyl sites for hydroxylation is 1. The Labute approximate surface area is 114 Å². The van der Waals surface area contributed by atoms with Crippen molar-refractivity contribution in [2.45, 2.75) is 6.92 Å². The Bertz CT molecular complexity index is 602. The second-order valence-corrected chi connectivity index (χ2v) is 4.36. The molecule has 0 aromatic carbocycles. The average Bonchev–Trinajstić information content (AvgIpc) is 2.28. The van der Waals surface area contributed by atoms with Crippen molar-refractivity contribution in [1.82, 2.24) is 9.97 Å². The molecule has 0 atom stereocenters. The maximum absolute atomic E-state index is 12.0. The van der Waals surface area contributed by atoms with Crippen molar-refractivity contribution in [3.05, 3.63) is 52.0 Å². The van der Waals surface area contributed by atoms with Gasteiger partial charge in [0.25, 0.3) is 5.91 Å². The first-order valence-corrected chi connectivity index (χ1v) is 5.88. The molecular weight excluding hydrogens is 273 g/mol. The van der Waals surface area contributed by atoms with Crippen molar-refractivity contribution in [3.63, 3.8) is 0 Å². The molecule has 0 aliphatic heterocycles. The Hall–Kier alpha value is -1.65. The molecule has 0 saturated heterocycles. The number of anilines is 1. The summed E-state index contributed by atoms with van der Waals surface area (Å²) in [7, 11) is 0. The molecular formula is C12H9Cl2N3O. The molecule has 0 aliphatic carbocycles. The molecule has 2 aromatic heterocycles. The molecule has 0 bridgehead atoms. The zero-order valence-electron chi connectivity index (χ0n) is 9.45. The number of nitrogens with one attached hydrogen (secondary N) is 1. The van der Waals surface area contributed by atoms with Gasteiger partial charge in [0, 0.05) is 17.6 Å². The van der Waals surface area contributed by atoms with Crippen molar-refractivity contribution in [3.8, 4) is 0 Å². The molecule has 2 rings (SSSR count). The Balaban J connectivity index is 2.22. The predicted molar refractivity (Wildman–Crippen MR) is 71.2 cm³/mol. The van der Waals surface area contributed by atoms with Crippen LogP contribution in [0.2, 0.25) is 10.3 Å². The van der Waals surface area contributed by atoms with Crippen molar-refractivity contribution in [2.24, 2.45) is 0 Å². The van der Waals surface area contributed by atoms with E-state index in [9.17, 15) is 4.79 Å². The van der Waals surface area contributed by atoms with E-state index in [0.29, 0.717) is 5.69 Å². The lowest BCUT2D eigenvalue weighted by Crippen LogP contribution is -2.13. The lowest BCUT2D eigenvalue weighted by Gasteiger charge is -2.06. The van der Waals surface area contributed by atoms with E-state index in [1.807, 2.05) is 6.92 Å². The van der Waals surface area contributed by atoms with Crippen LogP contribution >= 0.6 is 23.2 Å². The number of pyridine rings is 2. The molecule has 1 N–H and O–H groups in total. The summed E-state index contributed by atoms with van der Waals surface area (Å²) in [6.45, 7) is 1.84. The van der Waals surface area contributed by atoms with Crippen LogP contribution in [0.25, 0.3) is 0 Å². The number of rotatable bonds is 2. The van der Waals surface area contributed by atoms with Crippen LogP contribution in [0.15, 0.2) is 30.5 Å². The van der Waals surface area contributed by atoms with Crippen molar-refractivity contribution < 1.29 is 4.79 Å². The maximum Gasteiger partial charge on any atom is 0.258 e. The van der Waals surface area contributed by atoms with E-state index in [4.69, 9.17) is 23.2 Å². The van der Waals surface area contributed by atoms with E-state index in [2.05, 4.69) is 15.3 Å². The smallest absolute Gasteiger partial charge is 0.258 e. The van der Waals surface area contributed by atoms with Crippen LogP contribution in [-0.2, 0) is 0 Å². The molecule has 18 heavy (non-hydrogen) atoms. The normalized spacial score (nSPS) is 10.2. The van der Waals surface area contributed by atoms with Crippen LogP contribution in [0, 0.1) is 6.92 Å². The zero-order chi connectivity index (χ0) is 13.1. The van der Waals surface area contributed by atoms with Crippen molar-refractivity contribution >= 4 is 34.8 Å². The lowest BCUT2D eigenvalue weighted by atomic mass is 10.2. The Morgan fingerprint density at radius 1 is 1.28 bits per heavy atom. The Kier molecular flexibility index (Phi) is 3.79. The van der Waals surface area contributed by atoms with Gasteiger partial charge in [-0.2, -0.15) is 0 Å². The summed E-state index contributed by atoms with van der Waals surface area (Å²) in [5.41, 5.74) is 1.74. The fraction of sp³-hybridized carbons (Fsp3) is 0.0833. The third-order valence-corrected chi connectivity index (χ3v) is 2.71. The summed E-state index contributed by atoms with van der Waals surface area (Å²) < 4.78 is 0. The van der Waals surface area contributed by atoms with Gasteiger partial charge in [0.05, 0.1) is 5.56 Å². The summed E-state index contributed by atoms with van der Waals surface area (Å²) >= 11 is 11.5. The fourth-order valence-corrected chi connectivity index (χ4v) is 1.83. The second-order valence-electron chi connectivity index (χ2n) is 3.61. The van der Waals surface area contributed by atoms with Gasteiger partial charge < -0.3 is 5.32 Å². The van der Waals surface area contributed by atoms with Crippen LogP contribution < -0.4 is 5.32 Å². The number of aromatic nitrogens is 2. The van der Waals surface area contributed by atoms with Crippen LogP contribution in [0.5, 0.6) is 0 Å². The molecule has 0 fully saturated rings. The van der Waals surface area contributed by atoms with E-state index in [1.54, 1.807) is 18.3 Å². The predicted octanol–water partition coefficient (Wildman–Crippen LogP) is 3.34. The summed E-state index contributed by atoms with van der Waals surface area (Å²) in [6, 6.07) is 6.50. The molecule has 4 nitrogen and oxygen atoms in total. The van der Waals surface area contributed by atoms with E-state index in [0.717, 1.165) is 5.69 Å². The molecule has 0 radical (unpaired) electrons. The van der Waals surface area contributed by atoms with Gasteiger partial charge in [-0.3, -0.25) is 9.78 Å². The Morgan fingerprint density at radius 3 is 2.72 bits per heavy atom. The number of hydrogen-bond acceptors (Lipinski definition) is 3. The molecule has 2 heterocycles. The molecule has 2 aromatic rings. The first kappa shape index (κ1) is 12.8. The van der Waals surface area contributed by atoms with E-state index < -0.39 is 0 Å². The van der Waals surface area contributed by atoms with Gasteiger partial charge in [0.15, 0.2) is 0 Å². The highest BCUT2D eigenvalue weighted by molar-refractivity contribution is 6.35. The average molecular weight is 282 g/mol. The lowest BCUT2D eigenvalue weighted by molar-refractivity contribution is 0.102. The molecule has 0 unspecified atom stereocenters. The topological polar surface area (TPSA) is 54.9 Å². The highest BCUT2D eigenvalue weighted by Crippen LogP contribution is 2.18. The van der Waals surface area contributed by atoms with Gasteiger partial charge in [-0.1, -0.05) is 23.2 Å². The minimum absolute atomic E-state index is 0.0748. The van der Waals surface area contributed by atoms with E-state index >= 15 is 0 Å². The van der Waals surface area contributed by atoms with Crippen LogP contribution in [0.1, 0.15) is 16.1 Å². The maximum atomic E-state index is 12.0. The SMILES string of the molecule is Cc1cc(NC(=O)c2ccc(Cl)nc2Cl)ccn1. The van der Waals surface area contributed by atoms with E-state index in [-0.39, 0.29) is 21.8 Å². The number of carbonyl (C=O) groups excluding carboxylic acids is 1. The summed E-state index contributed by atoms with van der Waals surface area (Å²) in [5.74, 6) is -0.338. The van der Waals surface area contributed by atoms with Crippen LogP contribution in [0.4, 0.5) is 5.69 Å². The second kappa shape index (κ2) is 5.33. The van der Waals surface area contributed by atoms with Crippen molar-refractivity contribution in [2.75, 3.05) is 5.32 Å². The molecule has 0 saturated carbocycles. The zero-order valence-corrected chi connectivity index (χ0v) is 11.0. The van der Waals surface area contributed by atoms with Gasteiger partial charge >= 0.3 is 0 Å². The Morgan fingerprint density at radius 2 is 2.06 bits per heavy atom. The third kappa shape index (κ3) is 2.97. The van der Waals surface area contributed by atoms with Crippen LogP contribution in [-0.4, -0.2) is 15.9 Å². The summed E-state index contributed by atoms with van der Waals surface area (Å²) in [6.07, 6.45) is 1.62. The molecule has 0 spiro atoms. The van der Waals surface area contributed by atoms with Crippen LogP contribution in [0.3, 0.4) is 0 Å². The minimum Gasteiger partial charge on any atom is -0.322 e. The number of halogens is 2. The first-order valence-electron chi connectivity index (χ1n) is 5.12. The van der Waals surface area contributed by atoms with E-state index in [1.165, 1.54) is 12.1 Å². The number of amides is 1.